The van der Waals surface area contributed by atoms with Crippen LogP contribution in [0, 0.1) is 0 Å². The van der Waals surface area contributed by atoms with Crippen molar-refractivity contribution in [1.29, 1.82) is 0 Å². The minimum absolute atomic E-state index is 0.0400. The van der Waals surface area contributed by atoms with Crippen LogP contribution in [-0.2, 0) is 4.79 Å². The van der Waals surface area contributed by atoms with Gasteiger partial charge in [0.05, 0.1) is 0 Å². The van der Waals surface area contributed by atoms with Crippen molar-refractivity contribution in [3.8, 4) is 0 Å². The smallest absolute Gasteiger partial charge is 0.250 e. The van der Waals surface area contributed by atoms with Gasteiger partial charge in [0.1, 0.15) is 0 Å². The van der Waals surface area contributed by atoms with Gasteiger partial charge >= 0.3 is 0 Å². The second-order valence-electron chi connectivity index (χ2n) is 2.40. The van der Waals surface area contributed by atoms with Crippen LogP contribution in [0.2, 0.25) is 0 Å². The zero-order valence-corrected chi connectivity index (χ0v) is 8.39. The van der Waals surface area contributed by atoms with E-state index in [9.17, 15) is 4.79 Å². The molecule has 1 aliphatic rings. The van der Waals surface area contributed by atoms with Crippen LogP contribution in [0.15, 0.2) is 34.4 Å². The maximum atomic E-state index is 11.2. The Morgan fingerprint density at radius 3 is 2.92 bits per heavy atom. The highest BCUT2D eigenvalue weighted by atomic mass is 79.9. The van der Waals surface area contributed by atoms with E-state index in [0.29, 0.717) is 5.57 Å². The molecule has 1 rings (SSSR count). The normalized spacial score (nSPS) is 16.2. The molecule has 0 aromatic rings. The number of hydrogen-bond donors (Lipinski definition) is 1. The lowest BCUT2D eigenvalue weighted by Gasteiger charge is -1.97. The number of carbonyl (C=O) groups is 1. The molecule has 64 valence electrons. The minimum Gasteiger partial charge on any atom is -0.355 e. The Morgan fingerprint density at radius 2 is 2.25 bits per heavy atom. The lowest BCUT2D eigenvalue weighted by Crippen LogP contribution is -2.18. The first-order chi connectivity index (χ1) is 5.74. The van der Waals surface area contributed by atoms with Gasteiger partial charge in [-0.3, -0.25) is 4.79 Å². The fourth-order valence-electron chi connectivity index (χ4n) is 0.917. The lowest BCUT2D eigenvalue weighted by atomic mass is 10.2. The summed E-state index contributed by atoms with van der Waals surface area (Å²) in [6.45, 7) is 0. The molecule has 1 amide bonds. The number of halogens is 1. The predicted octanol–water partition coefficient (Wildman–Crippen LogP) is 1.90. The molecular weight excluding hydrogens is 218 g/mol. The van der Waals surface area contributed by atoms with Crippen LogP contribution < -0.4 is 5.32 Å². The van der Waals surface area contributed by atoms with E-state index < -0.39 is 0 Å². The number of nitrogens with one attached hydrogen (secondary N) is 1. The molecule has 0 aromatic carbocycles. The lowest BCUT2D eigenvalue weighted by molar-refractivity contribution is -0.116. The van der Waals surface area contributed by atoms with Gasteiger partial charge in [0.2, 0.25) is 0 Å². The quantitative estimate of drug-likeness (QED) is 0.729. The van der Waals surface area contributed by atoms with Gasteiger partial charge in [-0.2, -0.15) is 0 Å². The first-order valence-electron chi connectivity index (χ1n) is 3.70. The summed E-state index contributed by atoms with van der Waals surface area (Å²) in [5, 5.41) is 2.58. The molecule has 1 N–H and O–H groups in total. The van der Waals surface area contributed by atoms with Crippen LogP contribution in [0.4, 0.5) is 0 Å². The molecule has 0 spiro atoms. The zero-order valence-electron chi connectivity index (χ0n) is 6.80. The number of likely N-dealkylation sites (N-methyl/N-ethyl adjacent to an activating group) is 1. The summed E-state index contributed by atoms with van der Waals surface area (Å²) in [7, 11) is 1.63. The number of amides is 1. The monoisotopic (exact) mass is 227 g/mol. The average molecular weight is 228 g/mol. The van der Waals surface area contributed by atoms with E-state index in [-0.39, 0.29) is 5.91 Å². The van der Waals surface area contributed by atoms with Crippen LogP contribution in [0.5, 0.6) is 0 Å². The average Bonchev–Trinajstić information content (AvgIpc) is 2.29. The highest BCUT2D eigenvalue weighted by Gasteiger charge is 2.03. The van der Waals surface area contributed by atoms with E-state index >= 15 is 0 Å². The molecule has 0 unspecified atom stereocenters. The first kappa shape index (κ1) is 9.26. The Balaban J connectivity index is 2.77. The van der Waals surface area contributed by atoms with Gasteiger partial charge in [0, 0.05) is 17.1 Å². The molecular formula is C9H10BrNO. The number of allylic oxidation sites excluding steroid dienone is 4. The Morgan fingerprint density at radius 1 is 1.50 bits per heavy atom. The third-order valence-corrected chi connectivity index (χ3v) is 2.15. The number of rotatable bonds is 1. The van der Waals surface area contributed by atoms with Crippen LogP contribution in [0.3, 0.4) is 0 Å². The van der Waals surface area contributed by atoms with E-state index in [1.54, 1.807) is 13.1 Å². The highest BCUT2D eigenvalue weighted by Crippen LogP contribution is 2.14. The van der Waals surface area contributed by atoms with Crippen molar-refractivity contribution < 1.29 is 4.79 Å². The first-order valence-corrected chi connectivity index (χ1v) is 4.49. The molecule has 12 heavy (non-hydrogen) atoms. The number of hydrogen-bond acceptors (Lipinski definition) is 1. The molecule has 0 saturated carbocycles. The number of carbonyl (C=O) groups excluding carboxylic acids is 1. The van der Waals surface area contributed by atoms with E-state index in [1.165, 1.54) is 0 Å². The molecule has 0 saturated heterocycles. The molecule has 0 aliphatic heterocycles. The fraction of sp³-hybridized carbons (Fsp3) is 0.222. The second-order valence-corrected chi connectivity index (χ2v) is 3.31. The molecule has 1 aliphatic carbocycles. The summed E-state index contributed by atoms with van der Waals surface area (Å²) in [5.41, 5.74) is 0.711. The van der Waals surface area contributed by atoms with Gasteiger partial charge < -0.3 is 5.32 Å². The zero-order chi connectivity index (χ0) is 8.97. The summed E-state index contributed by atoms with van der Waals surface area (Å²) in [6.07, 6.45) is 8.35. The Bertz CT molecular complexity index is 276. The maximum absolute atomic E-state index is 11.2. The summed E-state index contributed by atoms with van der Waals surface area (Å²) >= 11 is 3.35. The van der Waals surface area contributed by atoms with Crippen LogP contribution in [0.25, 0.3) is 0 Å². The Labute approximate surface area is 80.2 Å². The summed E-state index contributed by atoms with van der Waals surface area (Å²) in [4.78, 5) is 11.2. The Kier molecular flexibility index (Phi) is 3.29. The molecule has 0 radical (unpaired) electrons. The van der Waals surface area contributed by atoms with Crippen LogP contribution in [-0.4, -0.2) is 13.0 Å². The van der Waals surface area contributed by atoms with Crippen molar-refractivity contribution in [3.05, 3.63) is 34.4 Å². The van der Waals surface area contributed by atoms with Crippen LogP contribution in [0.1, 0.15) is 6.42 Å². The minimum atomic E-state index is -0.0400. The van der Waals surface area contributed by atoms with E-state index in [4.69, 9.17) is 0 Å². The van der Waals surface area contributed by atoms with Gasteiger partial charge in [-0.1, -0.05) is 28.1 Å². The summed E-state index contributed by atoms with van der Waals surface area (Å²) in [6, 6.07) is 0. The van der Waals surface area contributed by atoms with Crippen molar-refractivity contribution in [3.63, 3.8) is 0 Å². The van der Waals surface area contributed by atoms with E-state index in [1.807, 2.05) is 18.2 Å². The highest BCUT2D eigenvalue weighted by molar-refractivity contribution is 9.11. The molecule has 0 heterocycles. The topological polar surface area (TPSA) is 29.1 Å². The van der Waals surface area contributed by atoms with Crippen molar-refractivity contribution >= 4 is 21.8 Å². The van der Waals surface area contributed by atoms with Gasteiger partial charge in [0.25, 0.3) is 5.91 Å². The van der Waals surface area contributed by atoms with Gasteiger partial charge in [0.15, 0.2) is 0 Å². The van der Waals surface area contributed by atoms with Crippen molar-refractivity contribution in [2.24, 2.45) is 0 Å². The van der Waals surface area contributed by atoms with Gasteiger partial charge in [-0.15, -0.1) is 0 Å². The standard InChI is InChI=1S/C9H10BrNO/c1-11-9(12)7-3-2-4-8(10)6-5-7/h3-6H,2H2,1H3,(H,11,12). The maximum Gasteiger partial charge on any atom is 0.250 e. The van der Waals surface area contributed by atoms with Crippen molar-refractivity contribution in [2.75, 3.05) is 7.05 Å². The fourth-order valence-corrected chi connectivity index (χ4v) is 1.24. The van der Waals surface area contributed by atoms with Gasteiger partial charge in [-0.25, -0.2) is 0 Å². The third-order valence-electron chi connectivity index (χ3n) is 1.56. The predicted molar refractivity (Wildman–Crippen MR) is 52.9 cm³/mol. The van der Waals surface area contributed by atoms with E-state index in [2.05, 4.69) is 21.2 Å². The van der Waals surface area contributed by atoms with Crippen molar-refractivity contribution in [1.82, 2.24) is 5.32 Å². The van der Waals surface area contributed by atoms with Crippen LogP contribution >= 0.6 is 15.9 Å². The van der Waals surface area contributed by atoms with Crippen molar-refractivity contribution in [2.45, 2.75) is 6.42 Å². The molecule has 3 heteroatoms. The molecule has 0 aromatic heterocycles. The second kappa shape index (κ2) is 4.26. The Hall–Kier alpha value is -0.830. The molecule has 0 fully saturated rings. The summed E-state index contributed by atoms with van der Waals surface area (Å²) in [5.74, 6) is -0.0400. The molecule has 2 nitrogen and oxygen atoms in total. The third kappa shape index (κ3) is 2.34. The molecule has 0 atom stereocenters. The van der Waals surface area contributed by atoms with Gasteiger partial charge in [-0.05, 0) is 18.6 Å². The summed E-state index contributed by atoms with van der Waals surface area (Å²) < 4.78 is 1.01. The largest absolute Gasteiger partial charge is 0.355 e. The van der Waals surface area contributed by atoms with E-state index in [0.717, 1.165) is 10.9 Å². The molecule has 0 bridgehead atoms. The SMILES string of the molecule is CNC(=O)C1=CCC=C(Br)C=C1.